The smallest absolute Gasteiger partial charge is 0.223 e. The molecule has 0 radical (unpaired) electrons. The maximum atomic E-state index is 12.6. The van der Waals surface area contributed by atoms with Gasteiger partial charge in [-0.1, -0.05) is 0 Å². The van der Waals surface area contributed by atoms with Crippen LogP contribution in [0.4, 0.5) is 0 Å². The highest BCUT2D eigenvalue weighted by Crippen LogP contribution is 2.28. The zero-order chi connectivity index (χ0) is 16.2. The van der Waals surface area contributed by atoms with Gasteiger partial charge in [0, 0.05) is 37.0 Å². The summed E-state index contributed by atoms with van der Waals surface area (Å²) in [7, 11) is 1.60. The highest BCUT2D eigenvalue weighted by Gasteiger charge is 2.37. The van der Waals surface area contributed by atoms with Crippen LogP contribution in [-0.2, 0) is 4.79 Å². The van der Waals surface area contributed by atoms with Crippen LogP contribution in [0.15, 0.2) is 24.3 Å². The minimum atomic E-state index is 0. The van der Waals surface area contributed by atoms with Gasteiger partial charge in [-0.05, 0) is 50.1 Å². The molecule has 2 aliphatic heterocycles. The van der Waals surface area contributed by atoms with E-state index in [-0.39, 0.29) is 30.5 Å². The molecule has 24 heavy (non-hydrogen) atoms. The Labute approximate surface area is 149 Å². The first-order valence-corrected chi connectivity index (χ1v) is 8.38. The Hall–Kier alpha value is -1.59. The highest BCUT2D eigenvalue weighted by atomic mass is 35.5. The molecule has 0 saturated carbocycles. The Bertz CT molecular complexity index is 562. The maximum absolute atomic E-state index is 12.6. The molecule has 0 spiro atoms. The van der Waals surface area contributed by atoms with Crippen LogP contribution in [-0.4, -0.2) is 48.9 Å². The average Bonchev–Trinajstić information content (AvgIpc) is 2.85. The van der Waals surface area contributed by atoms with E-state index in [1.54, 1.807) is 31.4 Å². The number of Topliss-reactive ketones (excluding diaryl/α,β-unsaturated/α-hetero) is 1. The zero-order valence-corrected chi connectivity index (χ0v) is 14.8. The van der Waals surface area contributed by atoms with Gasteiger partial charge in [0.05, 0.1) is 7.11 Å². The van der Waals surface area contributed by atoms with Crippen molar-refractivity contribution in [3.63, 3.8) is 0 Å². The van der Waals surface area contributed by atoms with Gasteiger partial charge in [-0.2, -0.15) is 0 Å². The van der Waals surface area contributed by atoms with Crippen LogP contribution in [0.2, 0.25) is 0 Å². The quantitative estimate of drug-likeness (QED) is 0.827. The second-order valence-corrected chi connectivity index (χ2v) is 6.33. The standard InChI is InChI=1S/C18H24N2O3.ClH/c1-23-16-6-2-13(3-7-16)17(21)8-9-18(22)20-14-4-5-15(20)12-19-11-10-14;/h2-3,6-7,14-15,19H,4-5,8-12H2,1H3;1H/t14-,15+;/m1./s1. The molecule has 0 aromatic heterocycles. The number of amides is 1. The highest BCUT2D eigenvalue weighted by molar-refractivity contribution is 5.98. The summed E-state index contributed by atoms with van der Waals surface area (Å²) in [6.45, 7) is 1.87. The molecule has 2 heterocycles. The molecule has 2 saturated heterocycles. The second kappa shape index (κ2) is 8.49. The number of methoxy groups -OCH3 is 1. The molecule has 2 fully saturated rings. The van der Waals surface area contributed by atoms with Crippen molar-refractivity contribution >= 4 is 24.1 Å². The zero-order valence-electron chi connectivity index (χ0n) is 14.0. The summed E-state index contributed by atoms with van der Waals surface area (Å²) < 4.78 is 5.09. The van der Waals surface area contributed by atoms with Crippen molar-refractivity contribution in [2.45, 2.75) is 44.2 Å². The third kappa shape index (κ3) is 4.08. The monoisotopic (exact) mass is 352 g/mol. The molecule has 2 aliphatic rings. The summed E-state index contributed by atoms with van der Waals surface area (Å²) in [5, 5.41) is 3.39. The molecule has 2 bridgehead atoms. The molecule has 1 amide bonds. The molecule has 3 rings (SSSR count). The Kier molecular flexibility index (Phi) is 6.63. The van der Waals surface area contributed by atoms with Crippen LogP contribution in [0.25, 0.3) is 0 Å². The molecule has 0 unspecified atom stereocenters. The minimum Gasteiger partial charge on any atom is -0.497 e. The Morgan fingerprint density at radius 2 is 1.83 bits per heavy atom. The maximum Gasteiger partial charge on any atom is 0.223 e. The van der Waals surface area contributed by atoms with E-state index in [0.29, 0.717) is 24.1 Å². The van der Waals surface area contributed by atoms with Crippen molar-refractivity contribution in [2.75, 3.05) is 20.2 Å². The number of nitrogens with zero attached hydrogens (tertiary/aromatic N) is 1. The van der Waals surface area contributed by atoms with E-state index in [2.05, 4.69) is 5.32 Å². The summed E-state index contributed by atoms with van der Waals surface area (Å²) in [5.41, 5.74) is 0.638. The van der Waals surface area contributed by atoms with Gasteiger partial charge in [0.25, 0.3) is 0 Å². The van der Waals surface area contributed by atoms with Crippen LogP contribution in [0, 0.1) is 0 Å². The molecule has 0 aliphatic carbocycles. The predicted molar refractivity (Wildman–Crippen MR) is 94.9 cm³/mol. The molecular weight excluding hydrogens is 328 g/mol. The lowest BCUT2D eigenvalue weighted by atomic mass is 10.1. The molecule has 6 heteroatoms. The van der Waals surface area contributed by atoms with E-state index in [9.17, 15) is 9.59 Å². The van der Waals surface area contributed by atoms with Crippen molar-refractivity contribution in [3.05, 3.63) is 29.8 Å². The lowest BCUT2D eigenvalue weighted by molar-refractivity contribution is -0.133. The molecule has 1 aromatic rings. The normalized spacial score (nSPS) is 22.5. The fourth-order valence-corrected chi connectivity index (χ4v) is 3.66. The van der Waals surface area contributed by atoms with Crippen LogP contribution in [0.1, 0.15) is 42.5 Å². The van der Waals surface area contributed by atoms with E-state index in [1.165, 1.54) is 0 Å². The van der Waals surface area contributed by atoms with Crippen molar-refractivity contribution in [1.82, 2.24) is 10.2 Å². The number of halogens is 1. The van der Waals surface area contributed by atoms with Crippen molar-refractivity contribution in [1.29, 1.82) is 0 Å². The van der Waals surface area contributed by atoms with Crippen molar-refractivity contribution in [2.24, 2.45) is 0 Å². The van der Waals surface area contributed by atoms with Gasteiger partial charge in [0.15, 0.2) is 5.78 Å². The minimum absolute atomic E-state index is 0. The van der Waals surface area contributed by atoms with Crippen molar-refractivity contribution in [3.8, 4) is 5.75 Å². The summed E-state index contributed by atoms with van der Waals surface area (Å²) in [6, 6.07) is 7.73. The van der Waals surface area contributed by atoms with Gasteiger partial charge in [-0.3, -0.25) is 9.59 Å². The largest absolute Gasteiger partial charge is 0.497 e. The van der Waals surface area contributed by atoms with Crippen molar-refractivity contribution < 1.29 is 14.3 Å². The molecule has 132 valence electrons. The van der Waals surface area contributed by atoms with E-state index >= 15 is 0 Å². The lowest BCUT2D eigenvalue weighted by Gasteiger charge is -2.27. The number of nitrogens with one attached hydrogen (secondary N) is 1. The first-order valence-electron chi connectivity index (χ1n) is 8.38. The van der Waals surface area contributed by atoms with Gasteiger partial charge in [0.1, 0.15) is 5.75 Å². The van der Waals surface area contributed by atoms with Gasteiger partial charge in [0.2, 0.25) is 5.91 Å². The van der Waals surface area contributed by atoms with E-state index in [0.717, 1.165) is 38.1 Å². The Balaban J connectivity index is 0.00000208. The van der Waals surface area contributed by atoms with Gasteiger partial charge in [-0.15, -0.1) is 12.4 Å². The first-order chi connectivity index (χ1) is 11.2. The van der Waals surface area contributed by atoms with Crippen LogP contribution >= 0.6 is 12.4 Å². The van der Waals surface area contributed by atoms with E-state index < -0.39 is 0 Å². The summed E-state index contributed by atoms with van der Waals surface area (Å²) in [6.07, 6.45) is 3.78. The number of ketones is 1. The third-order valence-corrected chi connectivity index (χ3v) is 4.92. The summed E-state index contributed by atoms with van der Waals surface area (Å²) in [4.78, 5) is 26.9. The van der Waals surface area contributed by atoms with Crippen LogP contribution < -0.4 is 10.1 Å². The third-order valence-electron chi connectivity index (χ3n) is 4.92. The summed E-state index contributed by atoms with van der Waals surface area (Å²) >= 11 is 0. The first kappa shape index (κ1) is 18.7. The lowest BCUT2D eigenvalue weighted by Crippen LogP contribution is -2.42. The Morgan fingerprint density at radius 1 is 1.12 bits per heavy atom. The molecular formula is C18H25ClN2O3. The number of benzene rings is 1. The molecule has 2 atom stereocenters. The number of carbonyl (C=O) groups is 2. The van der Waals surface area contributed by atoms with Crippen LogP contribution in [0.3, 0.4) is 0 Å². The predicted octanol–water partition coefficient (Wildman–Crippen LogP) is 2.43. The number of fused-ring (bicyclic) bond motifs is 2. The SMILES string of the molecule is COc1ccc(C(=O)CCC(=O)N2[C@H]3CCNC[C@@H]2CC3)cc1.Cl. The molecule has 1 aromatic carbocycles. The number of hydrogen-bond acceptors (Lipinski definition) is 4. The fourth-order valence-electron chi connectivity index (χ4n) is 3.66. The fraction of sp³-hybridized carbons (Fsp3) is 0.556. The topological polar surface area (TPSA) is 58.6 Å². The van der Waals surface area contributed by atoms with Gasteiger partial charge in [-0.25, -0.2) is 0 Å². The Morgan fingerprint density at radius 3 is 2.54 bits per heavy atom. The molecule has 5 nitrogen and oxygen atoms in total. The number of ether oxygens (including phenoxy) is 1. The summed E-state index contributed by atoms with van der Waals surface area (Å²) in [5.74, 6) is 0.871. The number of carbonyl (C=O) groups excluding carboxylic acids is 2. The van der Waals surface area contributed by atoms with Gasteiger partial charge < -0.3 is 15.0 Å². The van der Waals surface area contributed by atoms with E-state index in [4.69, 9.17) is 4.74 Å². The van der Waals surface area contributed by atoms with Gasteiger partial charge >= 0.3 is 0 Å². The average molecular weight is 353 g/mol. The molecule has 1 N–H and O–H groups in total. The van der Waals surface area contributed by atoms with Crippen LogP contribution in [0.5, 0.6) is 5.75 Å². The number of hydrogen-bond donors (Lipinski definition) is 1. The second-order valence-electron chi connectivity index (χ2n) is 6.33. The number of rotatable bonds is 5. The van der Waals surface area contributed by atoms with E-state index in [1.807, 2.05) is 4.90 Å².